The van der Waals surface area contributed by atoms with Crippen LogP contribution in [0.3, 0.4) is 0 Å². The third kappa shape index (κ3) is 4.84. The Morgan fingerprint density at radius 1 is 0.812 bits per heavy atom. The van der Waals surface area contributed by atoms with Gasteiger partial charge in [0.25, 0.3) is 5.91 Å². The molecule has 4 rings (SSSR count). The Hall–Kier alpha value is -3.16. The van der Waals surface area contributed by atoms with Crippen LogP contribution in [-0.4, -0.2) is 56.8 Å². The Kier molecular flexibility index (Phi) is 6.58. The lowest BCUT2D eigenvalue weighted by Gasteiger charge is -2.36. The molecule has 0 saturated carbocycles. The second-order valence-electron chi connectivity index (χ2n) is 7.89. The van der Waals surface area contributed by atoms with Crippen LogP contribution in [0, 0.1) is 0 Å². The molecule has 1 saturated heterocycles. The second kappa shape index (κ2) is 9.54. The minimum Gasteiger partial charge on any atom is -0.368 e. The normalized spacial score (nSPS) is 14.6. The SMILES string of the molecule is CN(Cc1ccccc1)S(=O)(=O)c1ccc(C(=O)N2CCN(c3ccccc3)CC2)cc1. The number of hydrogen-bond donors (Lipinski definition) is 0. The van der Waals surface area contributed by atoms with Crippen molar-refractivity contribution in [2.45, 2.75) is 11.4 Å². The zero-order chi connectivity index (χ0) is 22.6. The summed E-state index contributed by atoms with van der Waals surface area (Å²) >= 11 is 0. The topological polar surface area (TPSA) is 60.9 Å². The molecule has 1 aliphatic heterocycles. The molecular weight excluding hydrogens is 422 g/mol. The van der Waals surface area contributed by atoms with Crippen molar-refractivity contribution >= 4 is 21.6 Å². The number of amides is 1. The van der Waals surface area contributed by atoms with Gasteiger partial charge in [-0.15, -0.1) is 0 Å². The van der Waals surface area contributed by atoms with E-state index in [0.717, 1.165) is 24.3 Å². The van der Waals surface area contributed by atoms with Crippen molar-refractivity contribution in [1.82, 2.24) is 9.21 Å². The van der Waals surface area contributed by atoms with Crippen molar-refractivity contribution in [3.05, 3.63) is 96.1 Å². The summed E-state index contributed by atoms with van der Waals surface area (Å²) < 4.78 is 27.2. The van der Waals surface area contributed by atoms with Crippen LogP contribution < -0.4 is 4.90 Å². The first-order valence-corrected chi connectivity index (χ1v) is 12.1. The van der Waals surface area contributed by atoms with Crippen molar-refractivity contribution < 1.29 is 13.2 Å². The molecule has 1 aliphatic rings. The van der Waals surface area contributed by atoms with E-state index in [2.05, 4.69) is 17.0 Å². The molecule has 166 valence electrons. The standard InChI is InChI=1S/C25H27N3O3S/c1-26(20-21-8-4-2-5-9-21)32(30,31)24-14-12-22(13-15-24)25(29)28-18-16-27(17-19-28)23-10-6-3-7-11-23/h2-15H,16-20H2,1H3. The highest BCUT2D eigenvalue weighted by atomic mass is 32.2. The third-order valence-electron chi connectivity index (χ3n) is 5.75. The monoisotopic (exact) mass is 449 g/mol. The summed E-state index contributed by atoms with van der Waals surface area (Å²) in [6, 6.07) is 25.9. The van der Waals surface area contributed by atoms with Gasteiger partial charge in [-0.05, 0) is 42.0 Å². The van der Waals surface area contributed by atoms with Gasteiger partial charge in [0.2, 0.25) is 10.0 Å². The Morgan fingerprint density at radius 2 is 1.38 bits per heavy atom. The van der Waals surface area contributed by atoms with Gasteiger partial charge in [0.1, 0.15) is 0 Å². The molecule has 0 bridgehead atoms. The van der Waals surface area contributed by atoms with E-state index >= 15 is 0 Å². The van der Waals surface area contributed by atoms with Gasteiger partial charge in [0, 0.05) is 51.0 Å². The van der Waals surface area contributed by atoms with Crippen molar-refractivity contribution in [3.63, 3.8) is 0 Å². The number of carbonyl (C=O) groups is 1. The number of para-hydroxylation sites is 1. The summed E-state index contributed by atoms with van der Waals surface area (Å²) in [6.07, 6.45) is 0. The van der Waals surface area contributed by atoms with Crippen molar-refractivity contribution in [2.75, 3.05) is 38.1 Å². The first-order chi connectivity index (χ1) is 15.4. The fourth-order valence-corrected chi connectivity index (χ4v) is 5.02. The predicted molar refractivity (Wildman–Crippen MR) is 126 cm³/mol. The molecule has 0 aromatic heterocycles. The molecule has 0 spiro atoms. The number of sulfonamides is 1. The van der Waals surface area contributed by atoms with Crippen molar-refractivity contribution in [2.24, 2.45) is 0 Å². The fraction of sp³-hybridized carbons (Fsp3) is 0.240. The lowest BCUT2D eigenvalue weighted by molar-refractivity contribution is 0.0746. The predicted octanol–water partition coefficient (Wildman–Crippen LogP) is 3.47. The average molecular weight is 450 g/mol. The Labute approximate surface area is 189 Å². The average Bonchev–Trinajstić information content (AvgIpc) is 2.85. The van der Waals surface area contributed by atoms with Crippen LogP contribution in [0.4, 0.5) is 5.69 Å². The first kappa shape index (κ1) is 22.0. The maximum atomic E-state index is 12.9. The van der Waals surface area contributed by atoms with Crippen LogP contribution in [0.5, 0.6) is 0 Å². The van der Waals surface area contributed by atoms with E-state index in [1.54, 1.807) is 19.2 Å². The van der Waals surface area contributed by atoms with Crippen LogP contribution in [0.25, 0.3) is 0 Å². The van der Waals surface area contributed by atoms with E-state index in [-0.39, 0.29) is 17.3 Å². The summed E-state index contributed by atoms with van der Waals surface area (Å²) in [5.41, 5.74) is 2.58. The first-order valence-electron chi connectivity index (χ1n) is 10.6. The quantitative estimate of drug-likeness (QED) is 0.578. The van der Waals surface area contributed by atoms with Gasteiger partial charge in [-0.3, -0.25) is 4.79 Å². The smallest absolute Gasteiger partial charge is 0.253 e. The molecular formula is C25H27N3O3S. The minimum atomic E-state index is -3.64. The van der Waals surface area contributed by atoms with Gasteiger partial charge >= 0.3 is 0 Å². The molecule has 1 fully saturated rings. The van der Waals surface area contributed by atoms with E-state index in [1.165, 1.54) is 16.4 Å². The third-order valence-corrected chi connectivity index (χ3v) is 7.56. The number of piperazine rings is 1. The molecule has 0 atom stereocenters. The summed E-state index contributed by atoms with van der Waals surface area (Å²) in [5.74, 6) is -0.0701. The molecule has 1 amide bonds. The lowest BCUT2D eigenvalue weighted by atomic mass is 10.1. The lowest BCUT2D eigenvalue weighted by Crippen LogP contribution is -2.48. The van der Waals surface area contributed by atoms with Crippen LogP contribution in [0.2, 0.25) is 0 Å². The molecule has 0 N–H and O–H groups in total. The van der Waals surface area contributed by atoms with E-state index in [4.69, 9.17) is 0 Å². The fourth-order valence-electron chi connectivity index (χ4n) is 3.86. The zero-order valence-corrected chi connectivity index (χ0v) is 18.9. The molecule has 1 heterocycles. The van der Waals surface area contributed by atoms with Gasteiger partial charge in [0.05, 0.1) is 4.90 Å². The maximum Gasteiger partial charge on any atom is 0.253 e. The van der Waals surface area contributed by atoms with Crippen LogP contribution in [0.15, 0.2) is 89.8 Å². The molecule has 0 aliphatic carbocycles. The van der Waals surface area contributed by atoms with Gasteiger partial charge in [-0.1, -0.05) is 48.5 Å². The Balaban J connectivity index is 1.39. The largest absolute Gasteiger partial charge is 0.368 e. The van der Waals surface area contributed by atoms with Gasteiger partial charge in [0.15, 0.2) is 0 Å². The summed E-state index contributed by atoms with van der Waals surface area (Å²) in [5, 5.41) is 0. The highest BCUT2D eigenvalue weighted by molar-refractivity contribution is 7.89. The zero-order valence-electron chi connectivity index (χ0n) is 18.1. The van der Waals surface area contributed by atoms with Crippen LogP contribution >= 0.6 is 0 Å². The minimum absolute atomic E-state index is 0.0701. The number of hydrogen-bond acceptors (Lipinski definition) is 4. The highest BCUT2D eigenvalue weighted by Crippen LogP contribution is 2.20. The molecule has 32 heavy (non-hydrogen) atoms. The van der Waals surface area contributed by atoms with E-state index < -0.39 is 10.0 Å². The highest BCUT2D eigenvalue weighted by Gasteiger charge is 2.24. The molecule has 3 aromatic rings. The number of rotatable bonds is 6. The molecule has 0 unspecified atom stereocenters. The molecule has 0 radical (unpaired) electrons. The summed E-state index contributed by atoms with van der Waals surface area (Å²) in [7, 11) is -2.08. The summed E-state index contributed by atoms with van der Waals surface area (Å²) in [4.78, 5) is 17.2. The molecule has 6 nitrogen and oxygen atoms in total. The van der Waals surface area contributed by atoms with Gasteiger partial charge in [-0.25, -0.2) is 8.42 Å². The van der Waals surface area contributed by atoms with Crippen molar-refractivity contribution in [1.29, 1.82) is 0 Å². The van der Waals surface area contributed by atoms with E-state index in [1.807, 2.05) is 53.4 Å². The van der Waals surface area contributed by atoms with Crippen LogP contribution in [0.1, 0.15) is 15.9 Å². The molecule has 7 heteroatoms. The van der Waals surface area contributed by atoms with E-state index in [9.17, 15) is 13.2 Å². The van der Waals surface area contributed by atoms with Crippen LogP contribution in [-0.2, 0) is 16.6 Å². The maximum absolute atomic E-state index is 12.9. The number of nitrogens with zero attached hydrogens (tertiary/aromatic N) is 3. The molecule has 3 aromatic carbocycles. The van der Waals surface area contributed by atoms with Gasteiger partial charge < -0.3 is 9.80 Å². The summed E-state index contributed by atoms with van der Waals surface area (Å²) in [6.45, 7) is 3.09. The second-order valence-corrected chi connectivity index (χ2v) is 9.93. The number of anilines is 1. The van der Waals surface area contributed by atoms with E-state index in [0.29, 0.717) is 18.7 Å². The Morgan fingerprint density at radius 3 is 1.97 bits per heavy atom. The van der Waals surface area contributed by atoms with Gasteiger partial charge in [-0.2, -0.15) is 4.31 Å². The number of carbonyl (C=O) groups excluding carboxylic acids is 1. The number of benzene rings is 3. The Bertz CT molecular complexity index is 1140. The van der Waals surface area contributed by atoms with Crippen molar-refractivity contribution in [3.8, 4) is 0 Å².